The van der Waals surface area contributed by atoms with E-state index in [4.69, 9.17) is 5.11 Å². The fourth-order valence-electron chi connectivity index (χ4n) is 2.23. The van der Waals surface area contributed by atoms with Crippen LogP contribution >= 0.6 is 0 Å². The Morgan fingerprint density at radius 3 is 2.95 bits per heavy atom. The first-order valence-electron chi connectivity index (χ1n) is 6.32. The predicted octanol–water partition coefficient (Wildman–Crippen LogP) is 1.78. The smallest absolute Gasteiger partial charge is 0.318 e. The molecule has 2 unspecified atom stereocenters. The highest BCUT2D eigenvalue weighted by Crippen LogP contribution is 2.21. The Labute approximate surface area is 112 Å². The maximum absolute atomic E-state index is 11.8. The van der Waals surface area contributed by atoms with Gasteiger partial charge in [-0.3, -0.25) is 4.79 Å². The molecule has 2 rings (SSSR count). The van der Waals surface area contributed by atoms with Crippen molar-refractivity contribution in [3.63, 3.8) is 0 Å². The Kier molecular flexibility index (Phi) is 3.74. The molecule has 0 aromatic heterocycles. The Morgan fingerprint density at radius 1 is 1.58 bits per heavy atom. The van der Waals surface area contributed by atoms with Gasteiger partial charge in [-0.25, -0.2) is 4.79 Å². The molecule has 0 saturated carbocycles. The van der Waals surface area contributed by atoms with Crippen LogP contribution in [0.4, 0.5) is 4.79 Å². The lowest BCUT2D eigenvalue weighted by molar-refractivity contribution is -0.141. The molecule has 0 aliphatic carbocycles. The van der Waals surface area contributed by atoms with Crippen LogP contribution in [0.1, 0.15) is 24.1 Å². The molecule has 2 amide bonds. The van der Waals surface area contributed by atoms with Gasteiger partial charge in [0.05, 0.1) is 12.0 Å². The number of benzene rings is 1. The van der Waals surface area contributed by atoms with E-state index in [1.54, 1.807) is 11.8 Å². The molecule has 2 N–H and O–H groups in total. The lowest BCUT2D eigenvalue weighted by Gasteiger charge is -2.17. The fourth-order valence-corrected chi connectivity index (χ4v) is 2.23. The van der Waals surface area contributed by atoms with Gasteiger partial charge in [-0.05, 0) is 12.5 Å². The molecule has 1 saturated heterocycles. The van der Waals surface area contributed by atoms with E-state index < -0.39 is 11.9 Å². The van der Waals surface area contributed by atoms with Crippen LogP contribution in [0.25, 0.3) is 0 Å². The largest absolute Gasteiger partial charge is 0.481 e. The number of carbonyl (C=O) groups is 2. The lowest BCUT2D eigenvalue weighted by atomic mass is 10.0. The summed E-state index contributed by atoms with van der Waals surface area (Å²) in [5.74, 6) is -1.44. The van der Waals surface area contributed by atoms with Gasteiger partial charge < -0.3 is 15.3 Å². The SMILES string of the molecule is Cc1cccc(C2CN(CC(C)C(=O)O)C(=O)N2)c1. The fraction of sp³-hybridized carbons (Fsp3) is 0.429. The number of nitrogens with zero attached hydrogens (tertiary/aromatic N) is 1. The number of hydrogen-bond donors (Lipinski definition) is 2. The molecule has 19 heavy (non-hydrogen) atoms. The van der Waals surface area contributed by atoms with Crippen LogP contribution in [0.2, 0.25) is 0 Å². The van der Waals surface area contributed by atoms with Crippen LogP contribution in [0.3, 0.4) is 0 Å². The molecule has 1 aliphatic rings. The summed E-state index contributed by atoms with van der Waals surface area (Å²) in [6.45, 7) is 4.36. The number of carbonyl (C=O) groups excluding carboxylic acids is 1. The molecule has 102 valence electrons. The molecule has 0 spiro atoms. The molecule has 1 aliphatic heterocycles. The Balaban J connectivity index is 2.05. The highest BCUT2D eigenvalue weighted by Gasteiger charge is 2.31. The summed E-state index contributed by atoms with van der Waals surface area (Å²) in [7, 11) is 0. The molecule has 0 radical (unpaired) electrons. The van der Waals surface area contributed by atoms with E-state index in [9.17, 15) is 9.59 Å². The molecule has 5 nitrogen and oxygen atoms in total. The van der Waals surface area contributed by atoms with E-state index in [1.807, 2.05) is 31.2 Å². The molecule has 1 aromatic carbocycles. The molecule has 0 bridgehead atoms. The van der Waals surface area contributed by atoms with Gasteiger partial charge in [0.25, 0.3) is 0 Å². The number of carboxylic acid groups (broad SMARTS) is 1. The molecule has 5 heteroatoms. The second kappa shape index (κ2) is 5.30. The van der Waals surface area contributed by atoms with Crippen LogP contribution in [0.5, 0.6) is 0 Å². The van der Waals surface area contributed by atoms with E-state index in [1.165, 1.54) is 0 Å². The molecule has 2 atom stereocenters. The van der Waals surface area contributed by atoms with Crippen LogP contribution in [-0.2, 0) is 4.79 Å². The van der Waals surface area contributed by atoms with Gasteiger partial charge in [0.1, 0.15) is 0 Å². The van der Waals surface area contributed by atoms with Gasteiger partial charge in [-0.15, -0.1) is 0 Å². The van der Waals surface area contributed by atoms with E-state index in [2.05, 4.69) is 5.32 Å². The summed E-state index contributed by atoms with van der Waals surface area (Å²) in [6, 6.07) is 7.72. The van der Waals surface area contributed by atoms with E-state index in [0.29, 0.717) is 6.54 Å². The van der Waals surface area contributed by atoms with Crippen molar-refractivity contribution in [1.29, 1.82) is 0 Å². The first-order chi connectivity index (χ1) is 8.97. The van der Waals surface area contributed by atoms with Crippen molar-refractivity contribution >= 4 is 12.0 Å². The van der Waals surface area contributed by atoms with Gasteiger partial charge in [-0.1, -0.05) is 36.8 Å². The topological polar surface area (TPSA) is 69.6 Å². The van der Waals surface area contributed by atoms with Crippen molar-refractivity contribution in [3.05, 3.63) is 35.4 Å². The zero-order valence-corrected chi connectivity index (χ0v) is 11.1. The normalized spacial score (nSPS) is 20.2. The summed E-state index contributed by atoms with van der Waals surface area (Å²) in [5, 5.41) is 11.8. The summed E-state index contributed by atoms with van der Waals surface area (Å²) in [4.78, 5) is 24.2. The number of nitrogens with one attached hydrogen (secondary N) is 1. The highest BCUT2D eigenvalue weighted by molar-refractivity contribution is 5.78. The molecule has 1 heterocycles. The average molecular weight is 262 g/mol. The van der Waals surface area contributed by atoms with Gasteiger partial charge in [0, 0.05) is 13.1 Å². The predicted molar refractivity (Wildman–Crippen MR) is 70.8 cm³/mol. The standard InChI is InChI=1S/C14H18N2O3/c1-9-4-3-5-11(6-9)12-8-16(14(19)15-12)7-10(2)13(17)18/h3-6,10,12H,7-8H2,1-2H3,(H,15,19)(H,17,18). The summed E-state index contributed by atoms with van der Waals surface area (Å²) in [5.41, 5.74) is 2.20. The third-order valence-electron chi connectivity index (χ3n) is 3.35. The Bertz CT molecular complexity index is 501. The van der Waals surface area contributed by atoms with Crippen molar-refractivity contribution < 1.29 is 14.7 Å². The number of urea groups is 1. The minimum absolute atomic E-state index is 0.0617. The number of aryl methyl sites for hydroxylation is 1. The summed E-state index contributed by atoms with van der Waals surface area (Å²) >= 11 is 0. The van der Waals surface area contributed by atoms with Crippen molar-refractivity contribution in [2.45, 2.75) is 19.9 Å². The van der Waals surface area contributed by atoms with Gasteiger partial charge in [0.15, 0.2) is 0 Å². The zero-order chi connectivity index (χ0) is 14.0. The van der Waals surface area contributed by atoms with Crippen molar-refractivity contribution in [2.24, 2.45) is 5.92 Å². The number of aliphatic carboxylic acids is 1. The quantitative estimate of drug-likeness (QED) is 0.869. The van der Waals surface area contributed by atoms with Gasteiger partial charge in [-0.2, -0.15) is 0 Å². The Hall–Kier alpha value is -2.04. The maximum Gasteiger partial charge on any atom is 0.318 e. The first kappa shape index (κ1) is 13.4. The van der Waals surface area contributed by atoms with E-state index in [0.717, 1.165) is 11.1 Å². The average Bonchev–Trinajstić information content (AvgIpc) is 2.71. The van der Waals surface area contributed by atoms with Crippen LogP contribution in [0, 0.1) is 12.8 Å². The van der Waals surface area contributed by atoms with Gasteiger partial charge in [0.2, 0.25) is 0 Å². The maximum atomic E-state index is 11.8. The van der Waals surface area contributed by atoms with Crippen LogP contribution in [-0.4, -0.2) is 35.1 Å². The third-order valence-corrected chi connectivity index (χ3v) is 3.35. The van der Waals surface area contributed by atoms with E-state index in [-0.39, 0.29) is 18.6 Å². The highest BCUT2D eigenvalue weighted by atomic mass is 16.4. The second-order valence-corrected chi connectivity index (χ2v) is 5.06. The number of amides is 2. The van der Waals surface area contributed by atoms with Crippen molar-refractivity contribution in [2.75, 3.05) is 13.1 Å². The lowest BCUT2D eigenvalue weighted by Crippen LogP contribution is -2.34. The second-order valence-electron chi connectivity index (χ2n) is 5.06. The minimum atomic E-state index is -0.883. The summed E-state index contributed by atoms with van der Waals surface area (Å²) < 4.78 is 0. The molecular weight excluding hydrogens is 244 g/mol. The van der Waals surface area contributed by atoms with Crippen LogP contribution in [0.15, 0.2) is 24.3 Å². The minimum Gasteiger partial charge on any atom is -0.481 e. The monoisotopic (exact) mass is 262 g/mol. The molecular formula is C14H18N2O3. The summed E-state index contributed by atoms with van der Waals surface area (Å²) in [6.07, 6.45) is 0. The number of carboxylic acids is 1. The van der Waals surface area contributed by atoms with Crippen LogP contribution < -0.4 is 5.32 Å². The molecule has 1 fully saturated rings. The third kappa shape index (κ3) is 3.05. The number of rotatable bonds is 4. The van der Waals surface area contributed by atoms with Crippen molar-refractivity contribution in [3.8, 4) is 0 Å². The number of hydrogen-bond acceptors (Lipinski definition) is 2. The van der Waals surface area contributed by atoms with E-state index >= 15 is 0 Å². The zero-order valence-electron chi connectivity index (χ0n) is 11.1. The van der Waals surface area contributed by atoms with Gasteiger partial charge >= 0.3 is 12.0 Å². The van der Waals surface area contributed by atoms with Crippen molar-refractivity contribution in [1.82, 2.24) is 10.2 Å². The first-order valence-corrected chi connectivity index (χ1v) is 6.32. The Morgan fingerprint density at radius 2 is 2.32 bits per heavy atom. The molecule has 1 aromatic rings.